The monoisotopic (exact) mass is 421 g/mol. The zero-order chi connectivity index (χ0) is 21.8. The van der Waals surface area contributed by atoms with E-state index in [1.165, 1.54) is 53.7 Å². The van der Waals surface area contributed by atoms with Crippen molar-refractivity contribution in [2.45, 2.75) is 32.1 Å². The second-order valence-corrected chi connectivity index (χ2v) is 8.43. The average Bonchev–Trinajstić information content (AvgIpc) is 3.20. The van der Waals surface area contributed by atoms with E-state index in [4.69, 9.17) is 9.47 Å². The molecule has 1 aliphatic heterocycles. The van der Waals surface area contributed by atoms with Gasteiger partial charge >= 0.3 is 0 Å². The van der Waals surface area contributed by atoms with E-state index in [1.807, 2.05) is 13.1 Å². The van der Waals surface area contributed by atoms with Gasteiger partial charge in [0.2, 0.25) is 0 Å². The molecule has 2 aromatic carbocycles. The molecule has 4 rings (SSSR count). The summed E-state index contributed by atoms with van der Waals surface area (Å²) in [7, 11) is 5.38. The van der Waals surface area contributed by atoms with Crippen LogP contribution in [0.1, 0.15) is 36.8 Å². The van der Waals surface area contributed by atoms with Crippen molar-refractivity contribution in [1.29, 1.82) is 0 Å². The summed E-state index contributed by atoms with van der Waals surface area (Å²) in [5.41, 5.74) is 6.36. The summed E-state index contributed by atoms with van der Waals surface area (Å²) >= 11 is 0. The normalized spacial score (nSPS) is 15.5. The lowest BCUT2D eigenvalue weighted by Gasteiger charge is -2.32. The van der Waals surface area contributed by atoms with Gasteiger partial charge in [-0.2, -0.15) is 0 Å². The van der Waals surface area contributed by atoms with Gasteiger partial charge in [0, 0.05) is 35.2 Å². The molecule has 1 saturated heterocycles. The van der Waals surface area contributed by atoms with E-state index in [0.717, 1.165) is 36.6 Å². The first-order valence-corrected chi connectivity index (χ1v) is 11.4. The standard InChI is InChI=1S/C26H35N3O2/c1-5-21-22-16-19(18-10-13-29(14-11-18)15-12-27-2)6-8-23(22)28-26(21)20-7-9-24(30-3)25(17-20)31-4/h6-9,16-18,27-28H,5,10-15H2,1-4H3. The van der Waals surface area contributed by atoms with Gasteiger partial charge in [-0.25, -0.2) is 0 Å². The van der Waals surface area contributed by atoms with Crippen molar-refractivity contribution in [3.63, 3.8) is 0 Å². The van der Waals surface area contributed by atoms with E-state index in [1.54, 1.807) is 14.2 Å². The van der Waals surface area contributed by atoms with Crippen LogP contribution in [0.2, 0.25) is 0 Å². The number of ether oxygens (including phenoxy) is 2. The summed E-state index contributed by atoms with van der Waals surface area (Å²) in [6.45, 7) is 6.83. The smallest absolute Gasteiger partial charge is 0.161 e. The molecule has 2 heterocycles. The van der Waals surface area contributed by atoms with Gasteiger partial charge < -0.3 is 24.7 Å². The second-order valence-electron chi connectivity index (χ2n) is 8.43. The lowest BCUT2D eigenvalue weighted by molar-refractivity contribution is 0.214. The summed E-state index contributed by atoms with van der Waals surface area (Å²) in [5.74, 6) is 2.16. The maximum absolute atomic E-state index is 5.53. The molecule has 1 fully saturated rings. The number of methoxy groups -OCH3 is 2. The zero-order valence-corrected chi connectivity index (χ0v) is 19.3. The van der Waals surface area contributed by atoms with Gasteiger partial charge in [0.25, 0.3) is 0 Å². The maximum Gasteiger partial charge on any atom is 0.161 e. The predicted octanol–water partition coefficient (Wildman–Crippen LogP) is 4.81. The summed E-state index contributed by atoms with van der Waals surface area (Å²) in [5, 5.41) is 4.61. The molecule has 166 valence electrons. The highest BCUT2D eigenvalue weighted by Gasteiger charge is 2.22. The fraction of sp³-hybridized carbons (Fsp3) is 0.462. The highest BCUT2D eigenvalue weighted by molar-refractivity contribution is 5.91. The summed E-state index contributed by atoms with van der Waals surface area (Å²) in [6.07, 6.45) is 3.46. The molecule has 0 bridgehead atoms. The zero-order valence-electron chi connectivity index (χ0n) is 19.3. The molecule has 0 unspecified atom stereocenters. The number of likely N-dealkylation sites (N-methyl/N-ethyl adjacent to an activating group) is 1. The van der Waals surface area contributed by atoms with Gasteiger partial charge in [-0.05, 0) is 86.8 Å². The van der Waals surface area contributed by atoms with Crippen molar-refractivity contribution in [3.05, 3.63) is 47.5 Å². The Bertz CT molecular complexity index is 1020. The lowest BCUT2D eigenvalue weighted by atomic mass is 9.88. The predicted molar refractivity (Wildman–Crippen MR) is 129 cm³/mol. The molecular formula is C26H35N3O2. The van der Waals surface area contributed by atoms with Gasteiger partial charge in [0.05, 0.1) is 14.2 Å². The van der Waals surface area contributed by atoms with E-state index in [9.17, 15) is 0 Å². The fourth-order valence-corrected chi connectivity index (χ4v) is 4.88. The van der Waals surface area contributed by atoms with Gasteiger partial charge in [-0.1, -0.05) is 13.0 Å². The van der Waals surface area contributed by atoms with E-state index in [0.29, 0.717) is 5.92 Å². The number of hydrogen-bond acceptors (Lipinski definition) is 4. The van der Waals surface area contributed by atoms with Crippen molar-refractivity contribution >= 4 is 10.9 Å². The topological polar surface area (TPSA) is 49.5 Å². The number of aryl methyl sites for hydroxylation is 1. The van der Waals surface area contributed by atoms with Gasteiger partial charge in [0.1, 0.15) is 0 Å². The molecular weight excluding hydrogens is 386 g/mol. The first-order chi connectivity index (χ1) is 15.2. The fourth-order valence-electron chi connectivity index (χ4n) is 4.88. The van der Waals surface area contributed by atoms with Crippen molar-refractivity contribution in [3.8, 4) is 22.8 Å². The van der Waals surface area contributed by atoms with Gasteiger partial charge in [0.15, 0.2) is 11.5 Å². The first kappa shape index (κ1) is 21.7. The van der Waals surface area contributed by atoms with Crippen LogP contribution in [0, 0.1) is 0 Å². The molecule has 5 heteroatoms. The highest BCUT2D eigenvalue weighted by Crippen LogP contribution is 2.38. The number of aromatic amines is 1. The number of rotatable bonds is 8. The number of nitrogens with zero attached hydrogens (tertiary/aromatic N) is 1. The summed E-state index contributed by atoms with van der Waals surface area (Å²) < 4.78 is 10.9. The summed E-state index contributed by atoms with van der Waals surface area (Å²) in [6, 6.07) is 13.2. The van der Waals surface area contributed by atoms with Crippen molar-refractivity contribution < 1.29 is 9.47 Å². The Hall–Kier alpha value is -2.50. The number of benzene rings is 2. The number of aromatic nitrogens is 1. The van der Waals surface area contributed by atoms with Crippen LogP contribution in [0.15, 0.2) is 36.4 Å². The molecule has 0 saturated carbocycles. The molecule has 5 nitrogen and oxygen atoms in total. The van der Waals surface area contributed by atoms with Gasteiger partial charge in [-0.15, -0.1) is 0 Å². The maximum atomic E-state index is 5.53. The number of hydrogen-bond donors (Lipinski definition) is 2. The Morgan fingerprint density at radius 3 is 2.48 bits per heavy atom. The number of likely N-dealkylation sites (tertiary alicyclic amines) is 1. The van der Waals surface area contributed by atoms with Crippen LogP contribution in [-0.4, -0.2) is 57.3 Å². The lowest BCUT2D eigenvalue weighted by Crippen LogP contribution is -2.37. The first-order valence-electron chi connectivity index (χ1n) is 11.4. The third kappa shape index (κ3) is 4.43. The van der Waals surface area contributed by atoms with Crippen LogP contribution >= 0.6 is 0 Å². The minimum atomic E-state index is 0.652. The van der Waals surface area contributed by atoms with Crippen molar-refractivity contribution in [1.82, 2.24) is 15.2 Å². The molecule has 3 aromatic rings. The molecule has 1 aromatic heterocycles. The average molecular weight is 422 g/mol. The van der Waals surface area contributed by atoms with Crippen LogP contribution in [0.4, 0.5) is 0 Å². The van der Waals surface area contributed by atoms with E-state index >= 15 is 0 Å². The van der Waals surface area contributed by atoms with E-state index < -0.39 is 0 Å². The Balaban J connectivity index is 1.62. The van der Waals surface area contributed by atoms with Crippen molar-refractivity contribution in [2.75, 3.05) is 47.4 Å². The van der Waals surface area contributed by atoms with Crippen LogP contribution < -0.4 is 14.8 Å². The minimum Gasteiger partial charge on any atom is -0.493 e. The Morgan fingerprint density at radius 1 is 1.03 bits per heavy atom. The minimum absolute atomic E-state index is 0.652. The molecule has 2 N–H and O–H groups in total. The van der Waals surface area contributed by atoms with E-state index in [2.05, 4.69) is 52.5 Å². The SMILES string of the molecule is CCc1c(-c2ccc(OC)c(OC)c2)[nH]c2ccc(C3CCN(CCNC)CC3)cc12. The highest BCUT2D eigenvalue weighted by atomic mass is 16.5. The van der Waals surface area contributed by atoms with E-state index in [-0.39, 0.29) is 0 Å². The van der Waals surface area contributed by atoms with Crippen LogP contribution in [-0.2, 0) is 6.42 Å². The Morgan fingerprint density at radius 2 is 1.81 bits per heavy atom. The summed E-state index contributed by atoms with van der Waals surface area (Å²) in [4.78, 5) is 6.25. The molecule has 0 spiro atoms. The second kappa shape index (κ2) is 9.75. The molecule has 0 amide bonds. The van der Waals surface area contributed by atoms with Crippen LogP contribution in [0.3, 0.4) is 0 Å². The third-order valence-corrected chi connectivity index (χ3v) is 6.69. The van der Waals surface area contributed by atoms with Crippen LogP contribution in [0.25, 0.3) is 22.2 Å². The van der Waals surface area contributed by atoms with Crippen molar-refractivity contribution in [2.24, 2.45) is 0 Å². The van der Waals surface area contributed by atoms with Crippen LogP contribution in [0.5, 0.6) is 11.5 Å². The number of H-pyrrole nitrogens is 1. The number of piperidine rings is 1. The van der Waals surface area contributed by atoms with Gasteiger partial charge in [-0.3, -0.25) is 0 Å². The molecule has 0 atom stereocenters. The molecule has 0 aliphatic carbocycles. The largest absolute Gasteiger partial charge is 0.493 e. The Labute approximate surface area is 185 Å². The molecule has 0 radical (unpaired) electrons. The third-order valence-electron chi connectivity index (χ3n) is 6.69. The number of nitrogens with one attached hydrogen (secondary N) is 2. The molecule has 31 heavy (non-hydrogen) atoms. The number of fused-ring (bicyclic) bond motifs is 1. The molecule has 1 aliphatic rings. The Kier molecular flexibility index (Phi) is 6.83. The quantitative estimate of drug-likeness (QED) is 0.548.